The fourth-order valence-electron chi connectivity index (χ4n) is 3.24. The van der Waals surface area contributed by atoms with Gasteiger partial charge in [-0.05, 0) is 42.5 Å². The predicted molar refractivity (Wildman–Crippen MR) is 108 cm³/mol. The zero-order valence-electron chi connectivity index (χ0n) is 15.5. The highest BCUT2D eigenvalue weighted by molar-refractivity contribution is 5.93. The Labute approximate surface area is 164 Å². The van der Waals surface area contributed by atoms with Crippen molar-refractivity contribution in [2.75, 3.05) is 18.5 Å². The van der Waals surface area contributed by atoms with Crippen LogP contribution >= 0.6 is 0 Å². The van der Waals surface area contributed by atoms with Gasteiger partial charge in [-0.1, -0.05) is 36.4 Å². The van der Waals surface area contributed by atoms with E-state index in [1.165, 1.54) is 5.56 Å². The highest BCUT2D eigenvalue weighted by Crippen LogP contribution is 2.26. The van der Waals surface area contributed by atoms with Gasteiger partial charge < -0.3 is 15.4 Å². The van der Waals surface area contributed by atoms with E-state index >= 15 is 0 Å². The van der Waals surface area contributed by atoms with Gasteiger partial charge in [-0.3, -0.25) is 4.79 Å². The minimum absolute atomic E-state index is 0.162. The molecule has 28 heavy (non-hydrogen) atoms. The molecular weight excluding hydrogens is 352 g/mol. The maximum Gasteiger partial charge on any atom is 0.254 e. The molecule has 1 atom stereocenters. The van der Waals surface area contributed by atoms with E-state index in [0.717, 1.165) is 24.3 Å². The van der Waals surface area contributed by atoms with Gasteiger partial charge in [-0.25, -0.2) is 9.97 Å². The van der Waals surface area contributed by atoms with Crippen LogP contribution in [0.2, 0.25) is 0 Å². The highest BCUT2D eigenvalue weighted by Gasteiger charge is 2.18. The number of fused-ring (bicyclic) bond motifs is 1. The first-order chi connectivity index (χ1) is 13.8. The van der Waals surface area contributed by atoms with Gasteiger partial charge in [0.15, 0.2) is 0 Å². The third-order valence-electron chi connectivity index (χ3n) is 4.76. The van der Waals surface area contributed by atoms with Gasteiger partial charge in [-0.2, -0.15) is 0 Å². The molecular formula is C22H22N4O2. The van der Waals surface area contributed by atoms with Gasteiger partial charge in [0, 0.05) is 24.6 Å². The molecule has 6 nitrogen and oxygen atoms in total. The SMILES string of the molecule is O=C(NC[C@@H]1CCOc2ccccc2C1)c1cnc(Nc2ccccc2)nc1. The van der Waals surface area contributed by atoms with Crippen molar-refractivity contribution in [1.29, 1.82) is 0 Å². The van der Waals surface area contributed by atoms with Crippen LogP contribution in [0.15, 0.2) is 67.0 Å². The molecule has 4 rings (SSSR count). The quantitative estimate of drug-likeness (QED) is 0.714. The molecule has 2 heterocycles. The number of amides is 1. The summed E-state index contributed by atoms with van der Waals surface area (Å²) >= 11 is 0. The van der Waals surface area contributed by atoms with Crippen LogP contribution in [0.4, 0.5) is 11.6 Å². The van der Waals surface area contributed by atoms with E-state index < -0.39 is 0 Å². The lowest BCUT2D eigenvalue weighted by molar-refractivity contribution is 0.0944. The number of rotatable bonds is 5. The number of carbonyl (C=O) groups excluding carboxylic acids is 1. The molecule has 1 aliphatic rings. The smallest absolute Gasteiger partial charge is 0.254 e. The summed E-state index contributed by atoms with van der Waals surface area (Å²) in [5.74, 6) is 1.59. The summed E-state index contributed by atoms with van der Waals surface area (Å²) in [5, 5.41) is 6.10. The zero-order chi connectivity index (χ0) is 19.2. The summed E-state index contributed by atoms with van der Waals surface area (Å²) in [6, 6.07) is 17.8. The molecule has 0 saturated carbocycles. The van der Waals surface area contributed by atoms with Crippen molar-refractivity contribution in [2.24, 2.45) is 5.92 Å². The Morgan fingerprint density at radius 1 is 1.04 bits per heavy atom. The van der Waals surface area contributed by atoms with Crippen molar-refractivity contribution in [1.82, 2.24) is 15.3 Å². The number of nitrogens with zero attached hydrogens (tertiary/aromatic N) is 2. The number of hydrogen-bond donors (Lipinski definition) is 2. The standard InChI is InChI=1S/C22H22N4O2/c27-21(18-14-24-22(25-15-18)26-19-7-2-1-3-8-19)23-13-16-10-11-28-20-9-5-4-6-17(20)12-16/h1-9,14-16H,10-13H2,(H,23,27)(H,24,25,26)/t16-/m1/s1. The first kappa shape index (κ1) is 18.0. The van der Waals surface area contributed by atoms with E-state index in [4.69, 9.17) is 4.74 Å². The van der Waals surface area contributed by atoms with E-state index in [2.05, 4.69) is 26.7 Å². The largest absolute Gasteiger partial charge is 0.493 e. The number of ether oxygens (including phenoxy) is 1. The number of benzene rings is 2. The lowest BCUT2D eigenvalue weighted by Crippen LogP contribution is -2.30. The number of nitrogens with one attached hydrogen (secondary N) is 2. The van der Waals surface area contributed by atoms with Crippen LogP contribution in [-0.2, 0) is 6.42 Å². The summed E-state index contributed by atoms with van der Waals surface area (Å²) in [6.45, 7) is 1.26. The van der Waals surface area contributed by atoms with Crippen LogP contribution in [0.3, 0.4) is 0 Å². The molecule has 2 aromatic carbocycles. The van der Waals surface area contributed by atoms with Crippen LogP contribution in [0, 0.1) is 5.92 Å². The first-order valence-electron chi connectivity index (χ1n) is 9.41. The van der Waals surface area contributed by atoms with Gasteiger partial charge in [0.25, 0.3) is 5.91 Å². The average Bonchev–Trinajstić information content (AvgIpc) is 2.95. The lowest BCUT2D eigenvalue weighted by Gasteiger charge is -2.14. The summed E-state index contributed by atoms with van der Waals surface area (Å²) in [5.41, 5.74) is 2.54. The Hall–Kier alpha value is -3.41. The molecule has 142 valence electrons. The maximum absolute atomic E-state index is 12.4. The van der Waals surface area contributed by atoms with Gasteiger partial charge in [-0.15, -0.1) is 0 Å². The van der Waals surface area contributed by atoms with Crippen molar-refractivity contribution in [3.63, 3.8) is 0 Å². The number of anilines is 2. The van der Waals surface area contributed by atoms with E-state index in [9.17, 15) is 4.79 Å². The highest BCUT2D eigenvalue weighted by atomic mass is 16.5. The molecule has 1 aliphatic heterocycles. The maximum atomic E-state index is 12.4. The predicted octanol–water partition coefficient (Wildman–Crippen LogP) is 3.59. The number of carbonyl (C=O) groups is 1. The fourth-order valence-corrected chi connectivity index (χ4v) is 3.24. The topological polar surface area (TPSA) is 76.1 Å². The van der Waals surface area contributed by atoms with Crippen LogP contribution in [0.1, 0.15) is 22.3 Å². The Kier molecular flexibility index (Phi) is 5.47. The average molecular weight is 374 g/mol. The minimum Gasteiger partial charge on any atom is -0.493 e. The molecule has 0 unspecified atom stereocenters. The molecule has 1 aromatic heterocycles. The van der Waals surface area contributed by atoms with Crippen molar-refractivity contribution < 1.29 is 9.53 Å². The van der Waals surface area contributed by atoms with E-state index in [0.29, 0.717) is 30.6 Å². The molecule has 1 amide bonds. The Morgan fingerprint density at radius 2 is 1.79 bits per heavy atom. The van der Waals surface area contributed by atoms with Crippen LogP contribution in [-0.4, -0.2) is 29.0 Å². The molecule has 0 aliphatic carbocycles. The number of aromatic nitrogens is 2. The van der Waals surface area contributed by atoms with E-state index in [1.54, 1.807) is 12.4 Å². The molecule has 6 heteroatoms. The lowest BCUT2D eigenvalue weighted by atomic mass is 9.97. The number of hydrogen-bond acceptors (Lipinski definition) is 5. The monoisotopic (exact) mass is 374 g/mol. The van der Waals surface area contributed by atoms with Crippen LogP contribution < -0.4 is 15.4 Å². The molecule has 0 bridgehead atoms. The molecule has 0 fully saturated rings. The summed E-state index contributed by atoms with van der Waals surface area (Å²) in [4.78, 5) is 20.9. The molecule has 0 saturated heterocycles. The van der Waals surface area contributed by atoms with Crippen molar-refractivity contribution >= 4 is 17.5 Å². The zero-order valence-corrected chi connectivity index (χ0v) is 15.5. The van der Waals surface area contributed by atoms with Gasteiger partial charge in [0.1, 0.15) is 5.75 Å². The van der Waals surface area contributed by atoms with Gasteiger partial charge >= 0.3 is 0 Å². The normalized spacial score (nSPS) is 15.6. The van der Waals surface area contributed by atoms with E-state index in [-0.39, 0.29) is 5.91 Å². The first-order valence-corrected chi connectivity index (χ1v) is 9.41. The summed E-state index contributed by atoms with van der Waals surface area (Å²) in [6.07, 6.45) is 4.89. The van der Waals surface area contributed by atoms with Crippen molar-refractivity contribution in [2.45, 2.75) is 12.8 Å². The van der Waals surface area contributed by atoms with Crippen LogP contribution in [0.25, 0.3) is 0 Å². The Bertz CT molecular complexity index is 929. The molecule has 0 spiro atoms. The third-order valence-corrected chi connectivity index (χ3v) is 4.76. The summed E-state index contributed by atoms with van der Waals surface area (Å²) < 4.78 is 5.79. The third kappa shape index (κ3) is 4.46. The van der Waals surface area contributed by atoms with Crippen LogP contribution in [0.5, 0.6) is 5.75 Å². The number of para-hydroxylation sites is 2. The molecule has 3 aromatic rings. The second-order valence-electron chi connectivity index (χ2n) is 6.81. The molecule has 0 radical (unpaired) electrons. The summed E-state index contributed by atoms with van der Waals surface area (Å²) in [7, 11) is 0. The van der Waals surface area contributed by atoms with Gasteiger partial charge in [0.2, 0.25) is 5.95 Å². The Balaban J connectivity index is 1.32. The van der Waals surface area contributed by atoms with Gasteiger partial charge in [0.05, 0.1) is 12.2 Å². The second-order valence-corrected chi connectivity index (χ2v) is 6.81. The fraction of sp³-hybridized carbons (Fsp3) is 0.227. The molecule has 2 N–H and O–H groups in total. The van der Waals surface area contributed by atoms with E-state index in [1.807, 2.05) is 48.5 Å². The van der Waals surface area contributed by atoms with Crippen molar-refractivity contribution in [3.8, 4) is 5.75 Å². The van der Waals surface area contributed by atoms with Crippen molar-refractivity contribution in [3.05, 3.63) is 78.1 Å². The minimum atomic E-state index is -0.162. The Morgan fingerprint density at radius 3 is 2.61 bits per heavy atom. The second kappa shape index (κ2) is 8.52.